The standard InChI is InChI=1S/C15H20BrNO2/c16-12-8-4-5-9-13(12)17-14(15(18)19)10-11-6-2-1-3-7-11/h4-5,8-9,11,14,17H,1-3,6-7,10H2,(H,18,19). The predicted octanol–water partition coefficient (Wildman–Crippen LogP) is 4.28. The van der Waals surface area contributed by atoms with Gasteiger partial charge >= 0.3 is 5.97 Å². The Morgan fingerprint density at radius 3 is 2.63 bits per heavy atom. The molecule has 0 aromatic heterocycles. The zero-order valence-corrected chi connectivity index (χ0v) is 12.5. The topological polar surface area (TPSA) is 49.3 Å². The minimum Gasteiger partial charge on any atom is -0.480 e. The van der Waals surface area contributed by atoms with Crippen molar-refractivity contribution in [2.24, 2.45) is 5.92 Å². The van der Waals surface area contributed by atoms with Crippen LogP contribution in [0.3, 0.4) is 0 Å². The van der Waals surface area contributed by atoms with Crippen LogP contribution in [-0.2, 0) is 4.79 Å². The van der Waals surface area contributed by atoms with E-state index in [1.165, 1.54) is 32.1 Å². The first-order valence-electron chi connectivity index (χ1n) is 6.90. The van der Waals surface area contributed by atoms with Crippen LogP contribution in [0.4, 0.5) is 5.69 Å². The predicted molar refractivity (Wildman–Crippen MR) is 80.4 cm³/mol. The molecule has 1 aliphatic carbocycles. The number of halogens is 1. The molecule has 4 heteroatoms. The van der Waals surface area contributed by atoms with Gasteiger partial charge in [-0.15, -0.1) is 0 Å². The van der Waals surface area contributed by atoms with E-state index in [9.17, 15) is 9.90 Å². The van der Waals surface area contributed by atoms with Crippen LogP contribution in [-0.4, -0.2) is 17.1 Å². The third kappa shape index (κ3) is 4.23. The summed E-state index contributed by atoms with van der Waals surface area (Å²) in [6, 6.07) is 7.16. The van der Waals surface area contributed by atoms with Gasteiger partial charge < -0.3 is 10.4 Å². The molecule has 0 saturated heterocycles. The van der Waals surface area contributed by atoms with Gasteiger partial charge in [-0.25, -0.2) is 4.79 Å². The van der Waals surface area contributed by atoms with Crippen LogP contribution in [0, 0.1) is 5.92 Å². The zero-order chi connectivity index (χ0) is 13.7. The average Bonchev–Trinajstić information content (AvgIpc) is 2.41. The molecule has 0 amide bonds. The summed E-state index contributed by atoms with van der Waals surface area (Å²) in [4.78, 5) is 11.4. The summed E-state index contributed by atoms with van der Waals surface area (Å²) in [5.41, 5.74) is 0.853. The number of para-hydroxylation sites is 1. The molecule has 1 saturated carbocycles. The van der Waals surface area contributed by atoms with Gasteiger partial charge in [-0.2, -0.15) is 0 Å². The zero-order valence-electron chi connectivity index (χ0n) is 10.9. The van der Waals surface area contributed by atoms with Crippen molar-refractivity contribution in [1.29, 1.82) is 0 Å². The van der Waals surface area contributed by atoms with Crippen molar-refractivity contribution in [3.8, 4) is 0 Å². The van der Waals surface area contributed by atoms with Crippen LogP contribution < -0.4 is 5.32 Å². The lowest BCUT2D eigenvalue weighted by molar-refractivity contribution is -0.138. The fourth-order valence-electron chi connectivity index (χ4n) is 2.74. The largest absolute Gasteiger partial charge is 0.480 e. The Morgan fingerprint density at radius 1 is 1.32 bits per heavy atom. The summed E-state index contributed by atoms with van der Waals surface area (Å²) in [6.45, 7) is 0. The highest BCUT2D eigenvalue weighted by Gasteiger charge is 2.24. The summed E-state index contributed by atoms with van der Waals surface area (Å²) in [5, 5.41) is 12.5. The molecule has 1 aromatic rings. The quantitative estimate of drug-likeness (QED) is 0.849. The van der Waals surface area contributed by atoms with Crippen LogP contribution in [0.5, 0.6) is 0 Å². The van der Waals surface area contributed by atoms with Crippen LogP contribution in [0.1, 0.15) is 38.5 Å². The monoisotopic (exact) mass is 325 g/mol. The molecule has 0 heterocycles. The smallest absolute Gasteiger partial charge is 0.326 e. The average molecular weight is 326 g/mol. The number of nitrogens with one attached hydrogen (secondary N) is 1. The summed E-state index contributed by atoms with van der Waals surface area (Å²) < 4.78 is 0.907. The molecule has 0 spiro atoms. The van der Waals surface area contributed by atoms with Gasteiger partial charge in [-0.05, 0) is 40.4 Å². The highest BCUT2D eigenvalue weighted by atomic mass is 79.9. The Balaban J connectivity index is 2.00. The van der Waals surface area contributed by atoms with E-state index in [4.69, 9.17) is 0 Å². The van der Waals surface area contributed by atoms with E-state index in [2.05, 4.69) is 21.2 Å². The fourth-order valence-corrected chi connectivity index (χ4v) is 3.14. The van der Waals surface area contributed by atoms with Crippen molar-refractivity contribution in [1.82, 2.24) is 0 Å². The Hall–Kier alpha value is -1.03. The summed E-state index contributed by atoms with van der Waals surface area (Å²) in [6.07, 6.45) is 6.84. The van der Waals surface area contributed by atoms with Crippen LogP contribution in [0.15, 0.2) is 28.7 Å². The molecule has 2 N–H and O–H groups in total. The number of hydrogen-bond donors (Lipinski definition) is 2. The van der Waals surface area contributed by atoms with E-state index in [0.717, 1.165) is 16.6 Å². The van der Waals surface area contributed by atoms with Crippen LogP contribution in [0.25, 0.3) is 0 Å². The molecule has 0 aliphatic heterocycles. The SMILES string of the molecule is O=C(O)C(CC1CCCCC1)Nc1ccccc1Br. The second kappa shape index (κ2) is 6.94. The molecular weight excluding hydrogens is 306 g/mol. The number of hydrogen-bond acceptors (Lipinski definition) is 2. The lowest BCUT2D eigenvalue weighted by Crippen LogP contribution is -2.32. The lowest BCUT2D eigenvalue weighted by atomic mass is 9.85. The van der Waals surface area contributed by atoms with Crippen molar-refractivity contribution in [2.75, 3.05) is 5.32 Å². The van der Waals surface area contributed by atoms with Crippen LogP contribution in [0.2, 0.25) is 0 Å². The van der Waals surface area contributed by atoms with Crippen molar-refractivity contribution in [3.05, 3.63) is 28.7 Å². The first-order valence-corrected chi connectivity index (χ1v) is 7.70. The first-order chi connectivity index (χ1) is 9.16. The maximum absolute atomic E-state index is 11.4. The van der Waals surface area contributed by atoms with Crippen molar-refractivity contribution in [2.45, 2.75) is 44.6 Å². The molecular formula is C15H20BrNO2. The highest BCUT2D eigenvalue weighted by Crippen LogP contribution is 2.29. The maximum Gasteiger partial charge on any atom is 0.326 e. The van der Waals surface area contributed by atoms with E-state index >= 15 is 0 Å². The summed E-state index contributed by atoms with van der Waals surface area (Å²) >= 11 is 3.44. The van der Waals surface area contributed by atoms with Gasteiger partial charge in [0.15, 0.2) is 0 Å². The second-order valence-electron chi connectivity index (χ2n) is 5.25. The van der Waals surface area contributed by atoms with Gasteiger partial charge in [-0.1, -0.05) is 44.2 Å². The van der Waals surface area contributed by atoms with Gasteiger partial charge in [-0.3, -0.25) is 0 Å². The molecule has 0 bridgehead atoms. The number of carboxylic acids is 1. The minimum absolute atomic E-state index is 0.498. The van der Waals surface area contributed by atoms with Crippen molar-refractivity contribution < 1.29 is 9.90 Å². The molecule has 3 nitrogen and oxygen atoms in total. The van der Waals surface area contributed by atoms with E-state index < -0.39 is 12.0 Å². The molecule has 104 valence electrons. The number of carbonyl (C=O) groups is 1. The van der Waals surface area contributed by atoms with Gasteiger partial charge in [0.25, 0.3) is 0 Å². The molecule has 1 unspecified atom stereocenters. The van der Waals surface area contributed by atoms with E-state index in [1.807, 2.05) is 24.3 Å². The Kier molecular flexibility index (Phi) is 5.25. The normalized spacial score (nSPS) is 17.9. The number of aliphatic carboxylic acids is 1. The fraction of sp³-hybridized carbons (Fsp3) is 0.533. The molecule has 1 atom stereocenters. The number of benzene rings is 1. The molecule has 1 aromatic carbocycles. The number of carboxylic acid groups (broad SMARTS) is 1. The Morgan fingerprint density at radius 2 is 2.00 bits per heavy atom. The van der Waals surface area contributed by atoms with E-state index in [-0.39, 0.29) is 0 Å². The highest BCUT2D eigenvalue weighted by molar-refractivity contribution is 9.10. The van der Waals surface area contributed by atoms with Gasteiger partial charge in [0, 0.05) is 10.2 Å². The molecule has 1 fully saturated rings. The van der Waals surface area contributed by atoms with Crippen LogP contribution >= 0.6 is 15.9 Å². The summed E-state index contributed by atoms with van der Waals surface area (Å²) in [5.74, 6) is -0.217. The Bertz CT molecular complexity index is 430. The van der Waals surface area contributed by atoms with E-state index in [1.54, 1.807) is 0 Å². The second-order valence-corrected chi connectivity index (χ2v) is 6.11. The third-order valence-corrected chi connectivity index (χ3v) is 4.49. The minimum atomic E-state index is -0.763. The third-order valence-electron chi connectivity index (χ3n) is 3.80. The number of rotatable bonds is 5. The maximum atomic E-state index is 11.4. The molecule has 2 rings (SSSR count). The first kappa shape index (κ1) is 14.4. The molecule has 19 heavy (non-hydrogen) atoms. The molecule has 0 radical (unpaired) electrons. The van der Waals surface area contributed by atoms with Crippen molar-refractivity contribution >= 4 is 27.6 Å². The van der Waals surface area contributed by atoms with Gasteiger partial charge in [0.05, 0.1) is 0 Å². The Labute approximate surface area is 122 Å². The summed E-state index contributed by atoms with van der Waals surface area (Å²) in [7, 11) is 0. The van der Waals surface area contributed by atoms with E-state index in [0.29, 0.717) is 5.92 Å². The van der Waals surface area contributed by atoms with Crippen molar-refractivity contribution in [3.63, 3.8) is 0 Å². The molecule has 1 aliphatic rings. The number of anilines is 1. The lowest BCUT2D eigenvalue weighted by Gasteiger charge is -2.25. The van der Waals surface area contributed by atoms with Gasteiger partial charge in [0.2, 0.25) is 0 Å². The van der Waals surface area contributed by atoms with Gasteiger partial charge in [0.1, 0.15) is 6.04 Å².